The van der Waals surface area contributed by atoms with Crippen LogP contribution in [0.15, 0.2) is 48.5 Å². The fourth-order valence-electron chi connectivity index (χ4n) is 1.77. The normalized spacial score (nSPS) is 9.89. The number of nitrogens with zero attached hydrogens (tertiary/aromatic N) is 1. The summed E-state index contributed by atoms with van der Waals surface area (Å²) in [7, 11) is 1.94. The minimum absolute atomic E-state index is 0.634. The maximum absolute atomic E-state index is 8.74. The largest absolute Gasteiger partial charge is 0.457 e. The third-order valence-corrected chi connectivity index (χ3v) is 2.78. The molecule has 0 spiro atoms. The molecule has 0 unspecified atom stereocenters. The van der Waals surface area contributed by atoms with Crippen molar-refractivity contribution >= 4 is 0 Å². The molecule has 0 saturated heterocycles. The van der Waals surface area contributed by atoms with Crippen molar-refractivity contribution in [3.63, 3.8) is 0 Å². The molecule has 0 saturated carbocycles. The first-order valence-corrected chi connectivity index (χ1v) is 6.23. The van der Waals surface area contributed by atoms with Gasteiger partial charge in [-0.05, 0) is 62.0 Å². The fourth-order valence-corrected chi connectivity index (χ4v) is 1.77. The summed E-state index contributed by atoms with van der Waals surface area (Å²) in [6, 6.07) is 17.2. The smallest absolute Gasteiger partial charge is 0.127 e. The molecule has 0 radical (unpaired) electrons. The van der Waals surface area contributed by atoms with E-state index in [9.17, 15) is 0 Å². The Kier molecular flexibility index (Phi) is 4.54. The van der Waals surface area contributed by atoms with Crippen molar-refractivity contribution in [2.75, 3.05) is 13.6 Å². The summed E-state index contributed by atoms with van der Waals surface area (Å²) in [4.78, 5) is 0. The van der Waals surface area contributed by atoms with E-state index in [1.54, 1.807) is 24.3 Å². The Morgan fingerprint density at radius 1 is 1.11 bits per heavy atom. The number of nitrogens with one attached hydrogen (secondary N) is 1. The molecule has 0 aliphatic rings. The lowest BCUT2D eigenvalue weighted by molar-refractivity contribution is 0.482. The van der Waals surface area contributed by atoms with Gasteiger partial charge in [-0.1, -0.05) is 12.1 Å². The van der Waals surface area contributed by atoms with Gasteiger partial charge in [-0.25, -0.2) is 0 Å². The van der Waals surface area contributed by atoms with Crippen LogP contribution in [-0.4, -0.2) is 13.6 Å². The van der Waals surface area contributed by atoms with Crippen molar-refractivity contribution in [1.29, 1.82) is 5.26 Å². The fraction of sp³-hybridized carbons (Fsp3) is 0.188. The summed E-state index contributed by atoms with van der Waals surface area (Å²) >= 11 is 0. The van der Waals surface area contributed by atoms with E-state index in [0.29, 0.717) is 5.56 Å². The number of hydrogen-bond acceptors (Lipinski definition) is 3. The van der Waals surface area contributed by atoms with Crippen LogP contribution in [0.3, 0.4) is 0 Å². The topological polar surface area (TPSA) is 45.0 Å². The van der Waals surface area contributed by atoms with Gasteiger partial charge >= 0.3 is 0 Å². The molecule has 0 atom stereocenters. The van der Waals surface area contributed by atoms with Crippen molar-refractivity contribution in [3.05, 3.63) is 59.7 Å². The molecule has 3 nitrogen and oxygen atoms in total. The highest BCUT2D eigenvalue weighted by molar-refractivity contribution is 5.38. The molecule has 3 heteroatoms. The van der Waals surface area contributed by atoms with Crippen LogP contribution in [0.4, 0.5) is 0 Å². The standard InChI is InChI=1S/C16H16N2O/c1-18-10-9-13-3-2-4-16(11-13)19-15-7-5-14(12-17)6-8-15/h2-8,11,18H,9-10H2,1H3. The highest BCUT2D eigenvalue weighted by atomic mass is 16.5. The van der Waals surface area contributed by atoms with E-state index in [1.807, 2.05) is 25.2 Å². The molecule has 0 aliphatic heterocycles. The molecule has 1 N–H and O–H groups in total. The maximum Gasteiger partial charge on any atom is 0.127 e. The maximum atomic E-state index is 8.74. The monoisotopic (exact) mass is 252 g/mol. The summed E-state index contributed by atoms with van der Waals surface area (Å²) in [5.74, 6) is 1.56. The number of rotatable bonds is 5. The van der Waals surface area contributed by atoms with Crippen LogP contribution in [0.2, 0.25) is 0 Å². The van der Waals surface area contributed by atoms with Gasteiger partial charge in [-0.3, -0.25) is 0 Å². The average molecular weight is 252 g/mol. The first-order valence-electron chi connectivity index (χ1n) is 6.23. The number of nitriles is 1. The molecule has 0 aliphatic carbocycles. The molecule has 96 valence electrons. The molecule has 0 fully saturated rings. The van der Waals surface area contributed by atoms with Crippen LogP contribution in [0.25, 0.3) is 0 Å². The molecular weight excluding hydrogens is 236 g/mol. The predicted octanol–water partition coefficient (Wildman–Crippen LogP) is 3.11. The highest BCUT2D eigenvalue weighted by Crippen LogP contribution is 2.22. The minimum Gasteiger partial charge on any atom is -0.457 e. The van der Waals surface area contributed by atoms with E-state index in [4.69, 9.17) is 10.00 Å². The van der Waals surface area contributed by atoms with Gasteiger partial charge in [-0.2, -0.15) is 5.26 Å². The van der Waals surface area contributed by atoms with Crippen LogP contribution in [0, 0.1) is 11.3 Å². The van der Waals surface area contributed by atoms with Gasteiger partial charge in [-0.15, -0.1) is 0 Å². The van der Waals surface area contributed by atoms with Gasteiger partial charge in [0.15, 0.2) is 0 Å². The molecule has 0 amide bonds. The Balaban J connectivity index is 2.07. The Morgan fingerprint density at radius 3 is 2.58 bits per heavy atom. The summed E-state index contributed by atoms with van der Waals surface area (Å²) < 4.78 is 5.77. The van der Waals surface area contributed by atoms with Crippen molar-refractivity contribution in [2.24, 2.45) is 0 Å². The average Bonchev–Trinajstić information content (AvgIpc) is 2.46. The van der Waals surface area contributed by atoms with E-state index in [-0.39, 0.29) is 0 Å². The third kappa shape index (κ3) is 3.84. The molecule has 2 aromatic carbocycles. The molecule has 2 aromatic rings. The lowest BCUT2D eigenvalue weighted by atomic mass is 10.1. The molecule has 2 rings (SSSR count). The zero-order chi connectivity index (χ0) is 13.5. The number of ether oxygens (including phenoxy) is 1. The molecule has 0 bridgehead atoms. The van der Waals surface area contributed by atoms with Crippen molar-refractivity contribution in [3.8, 4) is 17.6 Å². The van der Waals surface area contributed by atoms with Gasteiger partial charge in [0.05, 0.1) is 11.6 Å². The number of benzene rings is 2. The van der Waals surface area contributed by atoms with E-state index in [2.05, 4.69) is 17.5 Å². The second-order valence-electron chi connectivity index (χ2n) is 4.24. The lowest BCUT2D eigenvalue weighted by Gasteiger charge is -2.07. The quantitative estimate of drug-likeness (QED) is 0.889. The second kappa shape index (κ2) is 6.58. The lowest BCUT2D eigenvalue weighted by Crippen LogP contribution is -2.10. The number of hydrogen-bond donors (Lipinski definition) is 1. The predicted molar refractivity (Wildman–Crippen MR) is 75.3 cm³/mol. The van der Waals surface area contributed by atoms with Gasteiger partial charge in [0.25, 0.3) is 0 Å². The highest BCUT2D eigenvalue weighted by Gasteiger charge is 1.99. The summed E-state index contributed by atoms with van der Waals surface area (Å²) in [5, 5.41) is 11.9. The zero-order valence-electron chi connectivity index (χ0n) is 10.9. The summed E-state index contributed by atoms with van der Waals surface area (Å²) in [6.45, 7) is 0.945. The van der Waals surface area contributed by atoms with E-state index in [0.717, 1.165) is 24.5 Å². The molecular formula is C16H16N2O. The second-order valence-corrected chi connectivity index (χ2v) is 4.24. The first-order chi connectivity index (χ1) is 9.31. The Morgan fingerprint density at radius 2 is 1.89 bits per heavy atom. The summed E-state index contributed by atoms with van der Waals surface area (Å²) in [5.41, 5.74) is 1.87. The Hall–Kier alpha value is -2.31. The third-order valence-electron chi connectivity index (χ3n) is 2.78. The van der Waals surface area contributed by atoms with Crippen molar-refractivity contribution in [2.45, 2.75) is 6.42 Å². The SMILES string of the molecule is CNCCc1cccc(Oc2ccc(C#N)cc2)c1. The minimum atomic E-state index is 0.634. The first kappa shape index (κ1) is 13.1. The molecule has 0 aromatic heterocycles. The molecule has 19 heavy (non-hydrogen) atoms. The molecule has 0 heterocycles. The van der Waals surface area contributed by atoms with Gasteiger partial charge < -0.3 is 10.1 Å². The van der Waals surface area contributed by atoms with Crippen LogP contribution in [0.1, 0.15) is 11.1 Å². The van der Waals surface area contributed by atoms with Crippen LogP contribution in [-0.2, 0) is 6.42 Å². The zero-order valence-corrected chi connectivity index (χ0v) is 10.9. The van der Waals surface area contributed by atoms with Gasteiger partial charge in [0.1, 0.15) is 11.5 Å². The van der Waals surface area contributed by atoms with Crippen LogP contribution < -0.4 is 10.1 Å². The van der Waals surface area contributed by atoms with Gasteiger partial charge in [0.2, 0.25) is 0 Å². The van der Waals surface area contributed by atoms with Crippen LogP contribution >= 0.6 is 0 Å². The van der Waals surface area contributed by atoms with E-state index in [1.165, 1.54) is 5.56 Å². The van der Waals surface area contributed by atoms with Crippen molar-refractivity contribution < 1.29 is 4.74 Å². The summed E-state index contributed by atoms with van der Waals surface area (Å²) in [6.07, 6.45) is 0.973. The Labute approximate surface area is 113 Å². The van der Waals surface area contributed by atoms with Gasteiger partial charge in [0, 0.05) is 0 Å². The van der Waals surface area contributed by atoms with Crippen molar-refractivity contribution in [1.82, 2.24) is 5.32 Å². The number of likely N-dealkylation sites (N-methyl/N-ethyl adjacent to an activating group) is 1. The van der Waals surface area contributed by atoms with Crippen LogP contribution in [0.5, 0.6) is 11.5 Å². The van der Waals surface area contributed by atoms with E-state index < -0.39 is 0 Å². The Bertz CT molecular complexity index is 570. The van der Waals surface area contributed by atoms with E-state index >= 15 is 0 Å².